The zero-order chi connectivity index (χ0) is 9.14. The molecule has 0 aliphatic heterocycles. The number of halogens is 1. The van der Waals surface area contributed by atoms with Crippen molar-refractivity contribution in [1.82, 2.24) is 0 Å². The van der Waals surface area contributed by atoms with Gasteiger partial charge in [0.2, 0.25) is 0 Å². The summed E-state index contributed by atoms with van der Waals surface area (Å²) < 4.78 is 0. The molecule has 0 saturated carbocycles. The largest absolute Gasteiger partial charge is 0.293 e. The van der Waals surface area contributed by atoms with Crippen molar-refractivity contribution in [2.75, 3.05) is 0 Å². The van der Waals surface area contributed by atoms with Crippen LogP contribution in [0.1, 0.15) is 12.8 Å². The third kappa shape index (κ3) is 1.58. The van der Waals surface area contributed by atoms with E-state index in [0.29, 0.717) is 0 Å². The molecule has 64 valence electrons. The van der Waals surface area contributed by atoms with Crippen LogP contribution >= 0.6 is 15.9 Å². The standard InChI is InChI=1S/C10H11BrO/c1-3-7-5-6-9(11)10(12)8(7)4-2/h3-4,9H,1-2,5-6H2. The van der Waals surface area contributed by atoms with Crippen LogP contribution < -0.4 is 0 Å². The molecule has 1 unspecified atom stereocenters. The van der Waals surface area contributed by atoms with Gasteiger partial charge in [-0.1, -0.05) is 41.2 Å². The third-order valence-electron chi connectivity index (χ3n) is 2.01. The summed E-state index contributed by atoms with van der Waals surface area (Å²) in [6.45, 7) is 7.29. The fraction of sp³-hybridized carbons (Fsp3) is 0.300. The van der Waals surface area contributed by atoms with Crippen molar-refractivity contribution in [3.63, 3.8) is 0 Å². The summed E-state index contributed by atoms with van der Waals surface area (Å²) in [5.74, 6) is 0.131. The maximum absolute atomic E-state index is 11.5. The van der Waals surface area contributed by atoms with Gasteiger partial charge in [0.1, 0.15) is 0 Å². The van der Waals surface area contributed by atoms with Crippen LogP contribution in [0.2, 0.25) is 0 Å². The van der Waals surface area contributed by atoms with Gasteiger partial charge in [0.05, 0.1) is 4.83 Å². The van der Waals surface area contributed by atoms with Gasteiger partial charge in [0, 0.05) is 5.57 Å². The summed E-state index contributed by atoms with van der Waals surface area (Å²) in [5, 5.41) is 0. The lowest BCUT2D eigenvalue weighted by atomic mass is 9.91. The second-order valence-electron chi connectivity index (χ2n) is 2.72. The Balaban J connectivity index is 3.07. The number of carbonyl (C=O) groups excluding carboxylic acids is 1. The van der Waals surface area contributed by atoms with E-state index in [1.807, 2.05) is 0 Å². The minimum atomic E-state index is -0.0331. The van der Waals surface area contributed by atoms with Crippen molar-refractivity contribution < 1.29 is 4.79 Å². The van der Waals surface area contributed by atoms with Crippen LogP contribution in [0.3, 0.4) is 0 Å². The minimum absolute atomic E-state index is 0.0331. The molecule has 1 atom stereocenters. The predicted octanol–water partition coefficient (Wildman–Crippen LogP) is 2.78. The summed E-state index contributed by atoms with van der Waals surface area (Å²) in [5.41, 5.74) is 1.74. The van der Waals surface area contributed by atoms with Crippen molar-refractivity contribution in [2.45, 2.75) is 17.7 Å². The molecule has 0 heterocycles. The summed E-state index contributed by atoms with van der Waals surface area (Å²) in [7, 11) is 0. The highest BCUT2D eigenvalue weighted by atomic mass is 79.9. The molecule has 1 aliphatic carbocycles. The van der Waals surface area contributed by atoms with Crippen LogP contribution in [0.5, 0.6) is 0 Å². The predicted molar refractivity (Wildman–Crippen MR) is 54.4 cm³/mol. The highest BCUT2D eigenvalue weighted by Gasteiger charge is 2.24. The molecule has 1 aliphatic rings. The fourth-order valence-corrected chi connectivity index (χ4v) is 1.79. The van der Waals surface area contributed by atoms with Gasteiger partial charge in [-0.15, -0.1) is 0 Å². The number of hydrogen-bond acceptors (Lipinski definition) is 1. The third-order valence-corrected chi connectivity index (χ3v) is 2.89. The molecule has 2 heteroatoms. The molecule has 0 fully saturated rings. The number of rotatable bonds is 2. The molecular weight excluding hydrogens is 216 g/mol. The summed E-state index contributed by atoms with van der Waals surface area (Å²) in [4.78, 5) is 11.5. The normalized spacial score (nSPS) is 24.1. The summed E-state index contributed by atoms with van der Waals surface area (Å²) in [6, 6.07) is 0. The first-order valence-corrected chi connectivity index (χ1v) is 4.78. The molecule has 0 N–H and O–H groups in total. The number of alkyl halides is 1. The Morgan fingerprint density at radius 2 is 2.08 bits per heavy atom. The van der Waals surface area contributed by atoms with E-state index in [0.717, 1.165) is 24.0 Å². The fourth-order valence-electron chi connectivity index (χ4n) is 1.32. The lowest BCUT2D eigenvalue weighted by Gasteiger charge is -2.18. The molecule has 0 bridgehead atoms. The molecule has 0 spiro atoms. The first-order valence-electron chi connectivity index (χ1n) is 3.87. The molecule has 1 rings (SSSR count). The molecule has 0 amide bonds. The molecule has 1 nitrogen and oxygen atoms in total. The highest BCUT2D eigenvalue weighted by Crippen LogP contribution is 2.27. The molecule has 0 aromatic heterocycles. The smallest absolute Gasteiger partial charge is 0.176 e. The van der Waals surface area contributed by atoms with Gasteiger partial charge in [-0.2, -0.15) is 0 Å². The van der Waals surface area contributed by atoms with Crippen molar-refractivity contribution in [3.05, 3.63) is 36.5 Å². The highest BCUT2D eigenvalue weighted by molar-refractivity contribution is 9.10. The Morgan fingerprint density at radius 3 is 2.58 bits per heavy atom. The van der Waals surface area contributed by atoms with Crippen molar-refractivity contribution in [2.24, 2.45) is 0 Å². The van der Waals surface area contributed by atoms with Crippen LogP contribution in [-0.4, -0.2) is 10.6 Å². The monoisotopic (exact) mass is 226 g/mol. The van der Waals surface area contributed by atoms with Gasteiger partial charge >= 0.3 is 0 Å². The number of allylic oxidation sites excluding steroid dienone is 4. The summed E-state index contributed by atoms with van der Waals surface area (Å²) in [6.07, 6.45) is 5.13. The quantitative estimate of drug-likeness (QED) is 0.663. The first-order chi connectivity index (χ1) is 5.70. The average molecular weight is 227 g/mol. The van der Waals surface area contributed by atoms with Crippen LogP contribution in [0.15, 0.2) is 36.5 Å². The lowest BCUT2D eigenvalue weighted by molar-refractivity contribution is -0.115. The Morgan fingerprint density at radius 1 is 1.42 bits per heavy atom. The second-order valence-corrected chi connectivity index (χ2v) is 3.82. The van der Waals surface area contributed by atoms with Crippen LogP contribution in [0.4, 0.5) is 0 Å². The van der Waals surface area contributed by atoms with E-state index < -0.39 is 0 Å². The Kier molecular flexibility index (Phi) is 3.04. The minimum Gasteiger partial charge on any atom is -0.293 e. The molecule has 0 radical (unpaired) electrons. The topological polar surface area (TPSA) is 17.1 Å². The molecule has 12 heavy (non-hydrogen) atoms. The SMILES string of the molecule is C=CC1=C(C=C)C(=O)C(Br)CC1. The Hall–Kier alpha value is -0.630. The van der Waals surface area contributed by atoms with Crippen molar-refractivity contribution in [3.8, 4) is 0 Å². The zero-order valence-corrected chi connectivity index (χ0v) is 8.43. The maximum atomic E-state index is 11.5. The van der Waals surface area contributed by atoms with Crippen LogP contribution in [0.25, 0.3) is 0 Å². The molecular formula is C10H11BrO. The van der Waals surface area contributed by atoms with E-state index in [2.05, 4.69) is 29.1 Å². The number of hydrogen-bond donors (Lipinski definition) is 0. The van der Waals surface area contributed by atoms with E-state index in [-0.39, 0.29) is 10.6 Å². The maximum Gasteiger partial charge on any atom is 0.176 e. The van der Waals surface area contributed by atoms with Gasteiger partial charge in [0.25, 0.3) is 0 Å². The molecule has 0 aromatic rings. The van der Waals surface area contributed by atoms with Gasteiger partial charge in [-0.25, -0.2) is 0 Å². The number of carbonyl (C=O) groups is 1. The Bertz CT molecular complexity index is 263. The molecule has 0 saturated heterocycles. The van der Waals surface area contributed by atoms with E-state index in [9.17, 15) is 4.79 Å². The summed E-state index contributed by atoms with van der Waals surface area (Å²) >= 11 is 3.33. The zero-order valence-electron chi connectivity index (χ0n) is 6.85. The number of ketones is 1. The van der Waals surface area contributed by atoms with Crippen molar-refractivity contribution >= 4 is 21.7 Å². The van der Waals surface area contributed by atoms with Crippen LogP contribution in [-0.2, 0) is 4.79 Å². The van der Waals surface area contributed by atoms with Gasteiger partial charge in [0.15, 0.2) is 5.78 Å². The van der Waals surface area contributed by atoms with Crippen molar-refractivity contribution in [1.29, 1.82) is 0 Å². The average Bonchev–Trinajstić information content (AvgIpc) is 2.09. The van der Waals surface area contributed by atoms with E-state index in [4.69, 9.17) is 0 Å². The first kappa shape index (κ1) is 9.46. The van der Waals surface area contributed by atoms with E-state index in [1.165, 1.54) is 0 Å². The second kappa shape index (κ2) is 3.85. The lowest BCUT2D eigenvalue weighted by Crippen LogP contribution is -2.21. The van der Waals surface area contributed by atoms with Gasteiger partial charge in [-0.3, -0.25) is 4.79 Å². The van der Waals surface area contributed by atoms with Gasteiger partial charge in [-0.05, 0) is 18.4 Å². The van der Waals surface area contributed by atoms with E-state index >= 15 is 0 Å². The Labute approximate surface area is 81.0 Å². The van der Waals surface area contributed by atoms with Crippen LogP contribution in [0, 0.1) is 0 Å². The van der Waals surface area contributed by atoms with Gasteiger partial charge < -0.3 is 0 Å². The van der Waals surface area contributed by atoms with E-state index in [1.54, 1.807) is 12.2 Å². The molecule has 0 aromatic carbocycles. The number of Topliss-reactive ketones (excluding diaryl/α,β-unsaturated/α-hetero) is 1.